The molecule has 0 radical (unpaired) electrons. The minimum atomic E-state index is -2.19. The number of hydrogen-bond donors (Lipinski definition) is 1. The van der Waals surface area contributed by atoms with E-state index in [9.17, 15) is 0 Å². The van der Waals surface area contributed by atoms with Crippen molar-refractivity contribution in [3.63, 3.8) is 0 Å². The fourth-order valence-electron chi connectivity index (χ4n) is 0. The molecule has 0 bridgehead atoms. The molecule has 0 aliphatic heterocycles. The summed E-state index contributed by atoms with van der Waals surface area (Å²) in [6.07, 6.45) is 0. The van der Waals surface area contributed by atoms with Crippen LogP contribution >= 0.6 is 0 Å². The van der Waals surface area contributed by atoms with Gasteiger partial charge in [-0.1, -0.05) is 0 Å². The van der Waals surface area contributed by atoms with Crippen LogP contribution in [0.5, 0.6) is 0 Å². The van der Waals surface area contributed by atoms with Crippen molar-refractivity contribution in [3.05, 3.63) is 0 Å². The fraction of sp³-hybridized carbons (Fsp3) is 0. The third kappa shape index (κ3) is 31.6. The number of carboxylic acid groups (broad SMARTS) is 4. The summed E-state index contributed by atoms with van der Waals surface area (Å²) in [6.45, 7) is 0. The van der Waals surface area contributed by atoms with Gasteiger partial charge in [-0.15, -0.1) is 0 Å². The van der Waals surface area contributed by atoms with E-state index in [4.69, 9.17) is 39.6 Å². The number of carboxylic acids is 4. The van der Waals surface area contributed by atoms with Crippen molar-refractivity contribution in [2.24, 2.45) is 0 Å². The van der Waals surface area contributed by atoms with E-state index in [1.165, 1.54) is 0 Å². The Morgan fingerprint density at radius 3 is 0.667 bits per heavy atom. The third-order valence-electron chi connectivity index (χ3n) is 0.333. The normalized spacial score (nSPS) is 5.87. The molecule has 0 amide bonds. The SMILES string of the molecule is O=C([O-])C(=O)[O-].O=C([O-])C(=O)[O-].[Ga+3].[Gd].[NH4+]. The summed E-state index contributed by atoms with van der Waals surface area (Å²) in [7, 11) is 0. The molecule has 15 heavy (non-hydrogen) atoms. The second kappa shape index (κ2) is 16.2. The maximum atomic E-state index is 8.93. The van der Waals surface area contributed by atoms with Crippen LogP contribution < -0.4 is 26.6 Å². The molecule has 0 aliphatic carbocycles. The Morgan fingerprint density at radius 2 is 0.667 bits per heavy atom. The predicted molar refractivity (Wildman–Crippen MR) is 31.8 cm³/mol. The zero-order valence-corrected chi connectivity index (χ0v) is 11.9. The second-order valence-electron chi connectivity index (χ2n) is 1.15. The summed E-state index contributed by atoms with van der Waals surface area (Å²) in [5.74, 6) is -8.74. The molecule has 11 heteroatoms. The minimum Gasteiger partial charge on any atom is -0.543 e. The molecule has 0 saturated heterocycles. The van der Waals surface area contributed by atoms with E-state index < -0.39 is 23.9 Å². The summed E-state index contributed by atoms with van der Waals surface area (Å²) < 4.78 is 0. The first-order chi connectivity index (χ1) is 5.29. The van der Waals surface area contributed by atoms with Gasteiger partial charge in [-0.3, -0.25) is 0 Å². The topological polar surface area (TPSA) is 197 Å². The Hall–Kier alpha value is -0.199. The van der Waals surface area contributed by atoms with Crippen molar-refractivity contribution >= 4 is 43.7 Å². The maximum absolute atomic E-state index is 8.93. The number of quaternary nitrogens is 1. The van der Waals surface area contributed by atoms with Gasteiger partial charge in [0.2, 0.25) is 0 Å². The van der Waals surface area contributed by atoms with Crippen LogP contribution in [0.1, 0.15) is 0 Å². The first-order valence-corrected chi connectivity index (χ1v) is 2.13. The summed E-state index contributed by atoms with van der Waals surface area (Å²) in [4.78, 5) is 35.7. The van der Waals surface area contributed by atoms with E-state index in [-0.39, 0.29) is 65.9 Å². The summed E-state index contributed by atoms with van der Waals surface area (Å²) in [6, 6.07) is 0. The van der Waals surface area contributed by atoms with Crippen LogP contribution in [-0.4, -0.2) is 43.7 Å². The third-order valence-corrected chi connectivity index (χ3v) is 0.333. The van der Waals surface area contributed by atoms with Gasteiger partial charge in [0.15, 0.2) is 0 Å². The minimum absolute atomic E-state index is 0. The van der Waals surface area contributed by atoms with Gasteiger partial charge in [0.1, 0.15) is 0 Å². The second-order valence-corrected chi connectivity index (χ2v) is 1.15. The smallest absolute Gasteiger partial charge is 0.543 e. The molecule has 0 spiro atoms. The monoisotopic (exact) mass is 421 g/mol. The van der Waals surface area contributed by atoms with Gasteiger partial charge in [0.25, 0.3) is 0 Å². The van der Waals surface area contributed by atoms with E-state index in [0.717, 1.165) is 0 Å². The largest absolute Gasteiger partial charge is 3.00 e. The Bertz CT molecular complexity index is 183. The van der Waals surface area contributed by atoms with Crippen molar-refractivity contribution in [3.8, 4) is 0 Å². The average Bonchev–Trinajstić information content (AvgIpc) is 1.88. The molecule has 0 aromatic heterocycles. The number of rotatable bonds is 0. The van der Waals surface area contributed by atoms with E-state index in [1.54, 1.807) is 0 Å². The van der Waals surface area contributed by atoms with Crippen LogP contribution in [0, 0.1) is 39.9 Å². The molecular formula is C4H4GaGdNO8. The first-order valence-electron chi connectivity index (χ1n) is 2.13. The molecule has 9 nitrogen and oxygen atoms in total. The molecule has 0 heterocycles. The molecule has 0 saturated carbocycles. The fourth-order valence-corrected chi connectivity index (χ4v) is 0. The summed E-state index contributed by atoms with van der Waals surface area (Å²) >= 11 is 0. The van der Waals surface area contributed by atoms with Crippen molar-refractivity contribution in [2.75, 3.05) is 0 Å². The van der Waals surface area contributed by atoms with Crippen LogP contribution in [-0.2, 0) is 19.2 Å². The van der Waals surface area contributed by atoms with Gasteiger partial charge in [0.05, 0.1) is 23.9 Å². The van der Waals surface area contributed by atoms with Crippen molar-refractivity contribution in [2.45, 2.75) is 0 Å². The maximum Gasteiger partial charge on any atom is 3.00 e. The molecule has 0 unspecified atom stereocenters. The quantitative estimate of drug-likeness (QED) is 0.294. The van der Waals surface area contributed by atoms with Crippen molar-refractivity contribution in [1.82, 2.24) is 6.15 Å². The molecule has 0 rings (SSSR count). The van der Waals surface area contributed by atoms with Crippen molar-refractivity contribution in [1.29, 1.82) is 0 Å². The zero-order chi connectivity index (χ0) is 10.3. The summed E-state index contributed by atoms with van der Waals surface area (Å²) in [5, 5.41) is 35.7. The van der Waals surface area contributed by atoms with Gasteiger partial charge in [0, 0.05) is 39.9 Å². The summed E-state index contributed by atoms with van der Waals surface area (Å²) in [5.41, 5.74) is 0. The molecule has 84 valence electrons. The first kappa shape index (κ1) is 29.3. The Balaban J connectivity index is -0.0000000370. The van der Waals surface area contributed by atoms with Crippen LogP contribution in [0.2, 0.25) is 0 Å². The van der Waals surface area contributed by atoms with Crippen LogP contribution in [0.4, 0.5) is 0 Å². The molecule has 0 fully saturated rings. The standard InChI is InChI=1S/2C2H2O4.Ga.Gd.H3N/c2*3-1(4)2(5)6;;;/h2*(H,3,4)(H,5,6);;;1H3/q;;+3;;/p-3. The number of carbonyl (C=O) groups is 4. The Kier molecular flexibility index (Phi) is 31.8. The molecule has 0 aromatic carbocycles. The molecule has 0 aromatic rings. The van der Waals surface area contributed by atoms with E-state index >= 15 is 0 Å². The molecule has 0 aliphatic rings. The van der Waals surface area contributed by atoms with Gasteiger partial charge in [-0.05, 0) is 0 Å². The number of carbonyl (C=O) groups excluding carboxylic acids is 4. The van der Waals surface area contributed by atoms with Crippen LogP contribution in [0.3, 0.4) is 0 Å². The molecule has 0 atom stereocenters. The predicted octanol–water partition coefficient (Wildman–Crippen LogP) is -7.03. The van der Waals surface area contributed by atoms with Crippen LogP contribution in [0.25, 0.3) is 0 Å². The van der Waals surface area contributed by atoms with Crippen molar-refractivity contribution < 1.29 is 79.5 Å². The number of hydrogen-bond acceptors (Lipinski definition) is 8. The van der Waals surface area contributed by atoms with Gasteiger partial charge in [-0.2, -0.15) is 0 Å². The molecule has 4 N–H and O–H groups in total. The van der Waals surface area contributed by atoms with Gasteiger partial charge < -0.3 is 45.8 Å². The van der Waals surface area contributed by atoms with E-state index in [2.05, 4.69) is 0 Å². The van der Waals surface area contributed by atoms with Gasteiger partial charge >= 0.3 is 19.8 Å². The van der Waals surface area contributed by atoms with E-state index in [1.807, 2.05) is 0 Å². The van der Waals surface area contributed by atoms with Crippen LogP contribution in [0.15, 0.2) is 0 Å². The Morgan fingerprint density at radius 1 is 0.600 bits per heavy atom. The molecular weight excluding hydrogens is 417 g/mol. The average molecular weight is 421 g/mol. The zero-order valence-electron chi connectivity index (χ0n) is 7.20. The Labute approximate surface area is 128 Å². The number of aliphatic carboxylic acids is 4. The van der Waals surface area contributed by atoms with Gasteiger partial charge in [-0.25, -0.2) is 0 Å². The van der Waals surface area contributed by atoms with E-state index in [0.29, 0.717) is 0 Å².